The summed E-state index contributed by atoms with van der Waals surface area (Å²) < 4.78 is 5.58. The zero-order valence-electron chi connectivity index (χ0n) is 11.5. The summed E-state index contributed by atoms with van der Waals surface area (Å²) in [6, 6.07) is 7.58. The number of hydrogen-bond donors (Lipinski definition) is 0. The molecule has 2 heteroatoms. The summed E-state index contributed by atoms with van der Waals surface area (Å²) in [6.07, 6.45) is 3.59. The Bertz CT molecular complexity index is 406. The molecular weight excluding hydrogens is 224 g/mol. The fourth-order valence-electron chi connectivity index (χ4n) is 2.72. The molecule has 0 heterocycles. The maximum Gasteiger partial charge on any atom is 0.166 e. The number of benzene rings is 1. The highest BCUT2D eigenvalue weighted by Gasteiger charge is 2.30. The van der Waals surface area contributed by atoms with Crippen LogP contribution < -0.4 is 4.74 Å². The maximum absolute atomic E-state index is 12.4. The standard InChI is InChI=1S/C16H22O2/c1-11(2)18-14-9-7-13(8-10-14)16(17)15-6-4-5-12(15)3/h7-12,15H,4-6H2,1-3H3. The van der Waals surface area contributed by atoms with Gasteiger partial charge in [0.25, 0.3) is 0 Å². The summed E-state index contributed by atoms with van der Waals surface area (Å²) in [5.41, 5.74) is 0.824. The normalized spacial score (nSPS) is 23.3. The van der Waals surface area contributed by atoms with Gasteiger partial charge in [-0.2, -0.15) is 0 Å². The molecule has 1 aliphatic carbocycles. The van der Waals surface area contributed by atoms with Crippen molar-refractivity contribution in [1.29, 1.82) is 0 Å². The first-order chi connectivity index (χ1) is 8.58. The van der Waals surface area contributed by atoms with Gasteiger partial charge in [0.1, 0.15) is 5.75 Å². The van der Waals surface area contributed by atoms with Crippen molar-refractivity contribution < 1.29 is 9.53 Å². The van der Waals surface area contributed by atoms with E-state index in [4.69, 9.17) is 4.74 Å². The molecule has 0 aromatic heterocycles. The first kappa shape index (κ1) is 13.1. The molecule has 1 aromatic rings. The van der Waals surface area contributed by atoms with Crippen LogP contribution in [0.4, 0.5) is 0 Å². The number of carbonyl (C=O) groups excluding carboxylic acids is 1. The number of ketones is 1. The highest BCUT2D eigenvalue weighted by atomic mass is 16.5. The van der Waals surface area contributed by atoms with Gasteiger partial charge < -0.3 is 4.74 Å². The average molecular weight is 246 g/mol. The predicted octanol–water partition coefficient (Wildman–Crippen LogP) is 4.09. The average Bonchev–Trinajstić information content (AvgIpc) is 2.75. The van der Waals surface area contributed by atoms with E-state index in [1.807, 2.05) is 38.1 Å². The highest BCUT2D eigenvalue weighted by molar-refractivity contribution is 5.98. The minimum atomic E-state index is 0.168. The molecule has 1 aromatic carbocycles. The molecule has 98 valence electrons. The van der Waals surface area contributed by atoms with Gasteiger partial charge in [0.15, 0.2) is 5.78 Å². The van der Waals surface area contributed by atoms with Crippen LogP contribution in [0.5, 0.6) is 5.75 Å². The Hall–Kier alpha value is -1.31. The van der Waals surface area contributed by atoms with E-state index in [0.29, 0.717) is 11.7 Å². The van der Waals surface area contributed by atoms with Crippen LogP contribution in [-0.4, -0.2) is 11.9 Å². The molecule has 2 unspecified atom stereocenters. The Morgan fingerprint density at radius 3 is 2.39 bits per heavy atom. The summed E-state index contributed by atoms with van der Waals surface area (Å²) in [5.74, 6) is 1.89. The van der Waals surface area contributed by atoms with Crippen molar-refractivity contribution in [2.24, 2.45) is 11.8 Å². The zero-order chi connectivity index (χ0) is 13.1. The van der Waals surface area contributed by atoms with Crippen LogP contribution in [0.3, 0.4) is 0 Å². The van der Waals surface area contributed by atoms with E-state index in [1.54, 1.807) is 0 Å². The maximum atomic E-state index is 12.4. The number of Topliss-reactive ketones (excluding diaryl/α,β-unsaturated/α-hetero) is 1. The van der Waals surface area contributed by atoms with E-state index in [2.05, 4.69) is 6.92 Å². The fourth-order valence-corrected chi connectivity index (χ4v) is 2.72. The molecule has 0 saturated heterocycles. The molecule has 1 aliphatic rings. The number of hydrogen-bond acceptors (Lipinski definition) is 2. The Morgan fingerprint density at radius 1 is 1.22 bits per heavy atom. The lowest BCUT2D eigenvalue weighted by Crippen LogP contribution is -2.17. The Kier molecular flexibility index (Phi) is 4.05. The van der Waals surface area contributed by atoms with Crippen molar-refractivity contribution in [1.82, 2.24) is 0 Å². The summed E-state index contributed by atoms with van der Waals surface area (Å²) in [4.78, 5) is 12.4. The Morgan fingerprint density at radius 2 is 1.89 bits per heavy atom. The molecule has 2 nitrogen and oxygen atoms in total. The lowest BCUT2D eigenvalue weighted by molar-refractivity contribution is 0.0897. The van der Waals surface area contributed by atoms with Gasteiger partial charge in [0.05, 0.1) is 6.10 Å². The Balaban J connectivity index is 2.07. The van der Waals surface area contributed by atoms with Crippen molar-refractivity contribution in [2.75, 3.05) is 0 Å². The van der Waals surface area contributed by atoms with E-state index in [1.165, 1.54) is 12.8 Å². The fraction of sp³-hybridized carbons (Fsp3) is 0.562. The van der Waals surface area contributed by atoms with E-state index >= 15 is 0 Å². The SMILES string of the molecule is CC(C)Oc1ccc(C(=O)C2CCCC2C)cc1. The molecule has 0 spiro atoms. The lowest BCUT2D eigenvalue weighted by Gasteiger charge is -2.14. The monoisotopic (exact) mass is 246 g/mol. The number of carbonyl (C=O) groups is 1. The van der Waals surface area contributed by atoms with Crippen LogP contribution in [0, 0.1) is 11.8 Å². The van der Waals surface area contributed by atoms with Crippen molar-refractivity contribution in [2.45, 2.75) is 46.1 Å². The molecule has 0 radical (unpaired) electrons. The Labute approximate surface area is 109 Å². The van der Waals surface area contributed by atoms with Crippen LogP contribution in [0.2, 0.25) is 0 Å². The third-order valence-corrected chi connectivity index (χ3v) is 3.71. The zero-order valence-corrected chi connectivity index (χ0v) is 11.5. The molecular formula is C16H22O2. The first-order valence-corrected chi connectivity index (χ1v) is 6.89. The summed E-state index contributed by atoms with van der Waals surface area (Å²) >= 11 is 0. The van der Waals surface area contributed by atoms with Gasteiger partial charge in [0.2, 0.25) is 0 Å². The molecule has 2 rings (SSSR count). The number of rotatable bonds is 4. The van der Waals surface area contributed by atoms with Gasteiger partial charge in [-0.15, -0.1) is 0 Å². The predicted molar refractivity (Wildman–Crippen MR) is 73.0 cm³/mol. The topological polar surface area (TPSA) is 26.3 Å². The molecule has 0 bridgehead atoms. The van der Waals surface area contributed by atoms with E-state index in [9.17, 15) is 4.79 Å². The third-order valence-electron chi connectivity index (χ3n) is 3.71. The second-order valence-corrected chi connectivity index (χ2v) is 5.57. The van der Waals surface area contributed by atoms with Crippen molar-refractivity contribution in [3.63, 3.8) is 0 Å². The van der Waals surface area contributed by atoms with Crippen LogP contribution in [-0.2, 0) is 0 Å². The molecule has 2 atom stereocenters. The minimum absolute atomic E-state index is 0.168. The number of ether oxygens (including phenoxy) is 1. The van der Waals surface area contributed by atoms with Crippen molar-refractivity contribution >= 4 is 5.78 Å². The van der Waals surface area contributed by atoms with Gasteiger partial charge in [-0.05, 0) is 56.9 Å². The van der Waals surface area contributed by atoms with E-state index in [-0.39, 0.29) is 12.0 Å². The largest absolute Gasteiger partial charge is 0.491 e. The van der Waals surface area contributed by atoms with Crippen molar-refractivity contribution in [3.05, 3.63) is 29.8 Å². The minimum Gasteiger partial charge on any atom is -0.491 e. The van der Waals surface area contributed by atoms with Crippen LogP contribution in [0.1, 0.15) is 50.4 Å². The summed E-state index contributed by atoms with van der Waals surface area (Å²) in [6.45, 7) is 6.18. The molecule has 0 N–H and O–H groups in total. The van der Waals surface area contributed by atoms with Crippen LogP contribution in [0.15, 0.2) is 24.3 Å². The second kappa shape index (κ2) is 5.55. The van der Waals surface area contributed by atoms with E-state index < -0.39 is 0 Å². The molecule has 0 aliphatic heterocycles. The molecule has 18 heavy (non-hydrogen) atoms. The van der Waals surface area contributed by atoms with Gasteiger partial charge >= 0.3 is 0 Å². The van der Waals surface area contributed by atoms with Gasteiger partial charge in [-0.3, -0.25) is 4.79 Å². The third kappa shape index (κ3) is 2.92. The van der Waals surface area contributed by atoms with Crippen LogP contribution >= 0.6 is 0 Å². The smallest absolute Gasteiger partial charge is 0.166 e. The van der Waals surface area contributed by atoms with Crippen LogP contribution in [0.25, 0.3) is 0 Å². The quantitative estimate of drug-likeness (QED) is 0.748. The summed E-state index contributed by atoms with van der Waals surface area (Å²) in [5, 5.41) is 0. The van der Waals surface area contributed by atoms with Crippen molar-refractivity contribution in [3.8, 4) is 5.75 Å². The van der Waals surface area contributed by atoms with E-state index in [0.717, 1.165) is 17.7 Å². The first-order valence-electron chi connectivity index (χ1n) is 6.89. The van der Waals surface area contributed by atoms with Gasteiger partial charge in [0, 0.05) is 11.5 Å². The molecule has 1 fully saturated rings. The highest BCUT2D eigenvalue weighted by Crippen LogP contribution is 2.33. The second-order valence-electron chi connectivity index (χ2n) is 5.57. The molecule has 0 amide bonds. The van der Waals surface area contributed by atoms with Gasteiger partial charge in [-0.1, -0.05) is 13.3 Å². The summed E-state index contributed by atoms with van der Waals surface area (Å²) in [7, 11) is 0. The molecule has 1 saturated carbocycles. The van der Waals surface area contributed by atoms with Gasteiger partial charge in [-0.25, -0.2) is 0 Å². The lowest BCUT2D eigenvalue weighted by atomic mass is 9.90.